The summed E-state index contributed by atoms with van der Waals surface area (Å²) in [7, 11) is -3.65. The summed E-state index contributed by atoms with van der Waals surface area (Å²) in [4.78, 5) is 13.5. The van der Waals surface area contributed by atoms with Gasteiger partial charge in [-0.05, 0) is 25.1 Å². The summed E-state index contributed by atoms with van der Waals surface area (Å²) in [5.41, 5.74) is 1.09. The fraction of sp³-hybridized carbons (Fsp3) is 0.350. The van der Waals surface area contributed by atoms with Crippen molar-refractivity contribution in [3.63, 3.8) is 0 Å². The van der Waals surface area contributed by atoms with Gasteiger partial charge in [0.15, 0.2) is 5.78 Å². The van der Waals surface area contributed by atoms with Crippen molar-refractivity contribution in [3.8, 4) is 5.75 Å². The second kappa shape index (κ2) is 8.98. The Labute approximate surface area is 168 Å². The highest BCUT2D eigenvalue weighted by Gasteiger charge is 2.28. The molecule has 1 aliphatic heterocycles. The van der Waals surface area contributed by atoms with E-state index in [4.69, 9.17) is 0 Å². The summed E-state index contributed by atoms with van der Waals surface area (Å²) < 4.78 is 56.7. The number of benzene rings is 2. The van der Waals surface area contributed by atoms with Gasteiger partial charge in [0.05, 0.1) is 4.90 Å². The zero-order valence-electron chi connectivity index (χ0n) is 15.9. The van der Waals surface area contributed by atoms with Crippen molar-refractivity contribution in [2.75, 3.05) is 26.2 Å². The summed E-state index contributed by atoms with van der Waals surface area (Å²) in [5, 5.41) is 0. The number of para-hydroxylation sites is 1. The molecule has 1 heterocycles. The normalized spacial score (nSPS) is 16.1. The third-order valence-corrected chi connectivity index (χ3v) is 6.73. The monoisotopic (exact) mass is 424 g/mol. The number of hydrogen-bond acceptors (Lipinski definition) is 5. The zero-order chi connectivity index (χ0) is 21.0. The van der Waals surface area contributed by atoms with E-state index >= 15 is 0 Å². The third-order valence-electron chi connectivity index (χ3n) is 4.81. The van der Waals surface area contributed by atoms with Crippen LogP contribution in [0.3, 0.4) is 0 Å². The second-order valence-electron chi connectivity index (χ2n) is 6.75. The first-order valence-electron chi connectivity index (χ1n) is 9.13. The van der Waals surface area contributed by atoms with Gasteiger partial charge in [-0.15, -0.1) is 0 Å². The van der Waals surface area contributed by atoms with Crippen LogP contribution in [0.25, 0.3) is 0 Å². The van der Waals surface area contributed by atoms with Gasteiger partial charge in [0.25, 0.3) is 0 Å². The van der Waals surface area contributed by atoms with Crippen LogP contribution in [-0.4, -0.2) is 56.2 Å². The van der Waals surface area contributed by atoms with Gasteiger partial charge >= 0.3 is 6.61 Å². The average Bonchev–Trinajstić information content (AvgIpc) is 2.69. The number of piperazine rings is 1. The quantitative estimate of drug-likeness (QED) is 0.640. The van der Waals surface area contributed by atoms with E-state index in [2.05, 4.69) is 4.74 Å². The Morgan fingerprint density at radius 3 is 2.24 bits per heavy atom. The molecule has 0 aliphatic carbocycles. The molecule has 156 valence electrons. The lowest BCUT2D eigenvalue weighted by atomic mass is 10.2. The number of hydrogen-bond donors (Lipinski definition) is 0. The molecule has 1 fully saturated rings. The molecule has 6 nitrogen and oxygen atoms in total. The minimum absolute atomic E-state index is 0.126. The molecule has 0 unspecified atom stereocenters. The maximum atomic E-state index is 12.8. The van der Waals surface area contributed by atoms with Gasteiger partial charge in [0, 0.05) is 43.9 Å². The lowest BCUT2D eigenvalue weighted by Gasteiger charge is -2.34. The number of sulfonamides is 1. The summed E-state index contributed by atoms with van der Waals surface area (Å²) in [6.45, 7) is 0.426. The van der Waals surface area contributed by atoms with Gasteiger partial charge in [-0.1, -0.05) is 30.3 Å². The highest BCUT2D eigenvalue weighted by atomic mass is 32.2. The van der Waals surface area contributed by atoms with Crippen molar-refractivity contribution in [1.82, 2.24) is 9.21 Å². The van der Waals surface area contributed by atoms with Crippen LogP contribution >= 0.6 is 0 Å². The molecule has 1 saturated heterocycles. The van der Waals surface area contributed by atoms with Crippen LogP contribution in [0, 0.1) is 0 Å². The molecule has 0 saturated carbocycles. The van der Waals surface area contributed by atoms with Crippen LogP contribution in [0.1, 0.15) is 22.8 Å². The van der Waals surface area contributed by atoms with Crippen LogP contribution < -0.4 is 4.74 Å². The third kappa shape index (κ3) is 5.17. The van der Waals surface area contributed by atoms with Gasteiger partial charge in [-0.3, -0.25) is 9.69 Å². The molecule has 0 radical (unpaired) electrons. The number of rotatable bonds is 7. The van der Waals surface area contributed by atoms with E-state index in [0.29, 0.717) is 30.8 Å². The second-order valence-corrected chi connectivity index (χ2v) is 8.68. The minimum atomic E-state index is -3.65. The first-order valence-corrected chi connectivity index (χ1v) is 10.6. The molecule has 2 aromatic carbocycles. The molecule has 2 aromatic rings. The number of carbonyl (C=O) groups excluding carboxylic acids is 1. The number of Topliss-reactive ketones (excluding diaryl/α,β-unsaturated/α-hetero) is 1. The Hall–Kier alpha value is -2.36. The molecule has 0 amide bonds. The molecule has 1 aliphatic rings. The summed E-state index contributed by atoms with van der Waals surface area (Å²) in [6.07, 6.45) is 0. The maximum Gasteiger partial charge on any atom is 0.387 e. The van der Waals surface area contributed by atoms with Crippen molar-refractivity contribution >= 4 is 15.8 Å². The van der Waals surface area contributed by atoms with Crippen molar-refractivity contribution < 1.29 is 26.7 Å². The number of nitrogens with zero attached hydrogens (tertiary/aromatic N) is 2. The molecule has 0 N–H and O–H groups in total. The smallest absolute Gasteiger partial charge is 0.387 e. The summed E-state index contributed by atoms with van der Waals surface area (Å²) in [6, 6.07) is 12.5. The predicted octanol–water partition coefficient (Wildman–Crippen LogP) is 3.00. The summed E-state index contributed by atoms with van der Waals surface area (Å²) in [5.74, 6) is 0.00165. The maximum absolute atomic E-state index is 12.8. The van der Waals surface area contributed by atoms with Crippen LogP contribution in [0.5, 0.6) is 5.75 Å². The minimum Gasteiger partial charge on any atom is -0.434 e. The number of ketones is 1. The highest BCUT2D eigenvalue weighted by molar-refractivity contribution is 7.89. The van der Waals surface area contributed by atoms with Gasteiger partial charge < -0.3 is 4.74 Å². The van der Waals surface area contributed by atoms with Gasteiger partial charge in [-0.25, -0.2) is 8.42 Å². The lowest BCUT2D eigenvalue weighted by molar-refractivity contribution is -0.0508. The van der Waals surface area contributed by atoms with E-state index in [0.717, 1.165) is 0 Å². The van der Waals surface area contributed by atoms with Crippen LogP contribution in [0.4, 0.5) is 8.78 Å². The van der Waals surface area contributed by atoms with E-state index in [-0.39, 0.29) is 29.5 Å². The van der Waals surface area contributed by atoms with Gasteiger partial charge in [0.2, 0.25) is 10.0 Å². The van der Waals surface area contributed by atoms with E-state index in [1.165, 1.54) is 41.6 Å². The highest BCUT2D eigenvalue weighted by Crippen LogP contribution is 2.24. The summed E-state index contributed by atoms with van der Waals surface area (Å²) >= 11 is 0. The standard InChI is InChI=1S/C20H22F2N2O4S/c1-15(25)16-6-8-18(9-7-16)29(26,27)24-12-10-23(11-13-24)14-17-4-2-3-5-19(17)28-20(21)22/h2-9,20H,10-14H2,1H3. The largest absolute Gasteiger partial charge is 0.434 e. The molecule has 29 heavy (non-hydrogen) atoms. The van der Waals surface area contributed by atoms with Crippen molar-refractivity contribution in [2.45, 2.75) is 25.0 Å². The Kier molecular flexibility index (Phi) is 6.61. The number of halogens is 2. The van der Waals surface area contributed by atoms with Crippen LogP contribution in [0.2, 0.25) is 0 Å². The zero-order valence-corrected chi connectivity index (χ0v) is 16.7. The van der Waals surface area contributed by atoms with E-state index in [1.54, 1.807) is 18.2 Å². The van der Waals surface area contributed by atoms with Crippen molar-refractivity contribution in [1.29, 1.82) is 0 Å². The SMILES string of the molecule is CC(=O)c1ccc(S(=O)(=O)N2CCN(Cc3ccccc3OC(F)F)CC2)cc1. The topological polar surface area (TPSA) is 66.9 Å². The first kappa shape index (κ1) is 21.4. The van der Waals surface area contributed by atoms with E-state index < -0.39 is 16.6 Å². The van der Waals surface area contributed by atoms with E-state index in [9.17, 15) is 22.0 Å². The molecule has 0 spiro atoms. The predicted molar refractivity (Wildman–Crippen MR) is 104 cm³/mol. The fourth-order valence-corrected chi connectivity index (χ4v) is 4.65. The van der Waals surface area contributed by atoms with Crippen LogP contribution in [-0.2, 0) is 16.6 Å². The number of carbonyl (C=O) groups is 1. The van der Waals surface area contributed by atoms with Crippen LogP contribution in [0.15, 0.2) is 53.4 Å². The molecular formula is C20H22F2N2O4S. The average molecular weight is 424 g/mol. The lowest BCUT2D eigenvalue weighted by Crippen LogP contribution is -2.48. The Morgan fingerprint density at radius 1 is 1.03 bits per heavy atom. The molecule has 0 aromatic heterocycles. The van der Waals surface area contributed by atoms with Gasteiger partial charge in [-0.2, -0.15) is 13.1 Å². The molecule has 9 heteroatoms. The molecule has 0 bridgehead atoms. The molecule has 0 atom stereocenters. The number of alkyl halides is 2. The van der Waals surface area contributed by atoms with E-state index in [1.807, 2.05) is 4.90 Å². The Morgan fingerprint density at radius 2 is 1.66 bits per heavy atom. The molecule has 3 rings (SSSR count). The van der Waals surface area contributed by atoms with Gasteiger partial charge in [0.1, 0.15) is 5.75 Å². The Balaban J connectivity index is 1.64. The first-order chi connectivity index (χ1) is 13.8. The number of ether oxygens (including phenoxy) is 1. The Bertz CT molecular complexity index is 957. The molecular weight excluding hydrogens is 402 g/mol. The van der Waals surface area contributed by atoms with Crippen molar-refractivity contribution in [3.05, 3.63) is 59.7 Å². The van der Waals surface area contributed by atoms with Crippen molar-refractivity contribution in [2.24, 2.45) is 0 Å². The fourth-order valence-electron chi connectivity index (χ4n) is 3.22.